The minimum atomic E-state index is -0.569. The van der Waals surface area contributed by atoms with Gasteiger partial charge in [0.25, 0.3) is 5.91 Å². The maximum Gasteiger partial charge on any atom is 0.252 e. The number of hydrogen-bond donors (Lipinski definition) is 1. The average molecular weight is 372 g/mol. The van der Waals surface area contributed by atoms with Gasteiger partial charge >= 0.3 is 0 Å². The lowest BCUT2D eigenvalue weighted by molar-refractivity contribution is 0.0916. The zero-order chi connectivity index (χ0) is 18.3. The van der Waals surface area contributed by atoms with Crippen molar-refractivity contribution in [2.75, 3.05) is 0 Å². The van der Waals surface area contributed by atoms with E-state index in [2.05, 4.69) is 11.2 Å². The first kappa shape index (κ1) is 19.4. The highest BCUT2D eigenvalue weighted by Gasteiger charge is 2.25. The fourth-order valence-corrected chi connectivity index (χ4v) is 3.39. The fourth-order valence-electron chi connectivity index (χ4n) is 2.41. The molecule has 0 bridgehead atoms. The van der Waals surface area contributed by atoms with E-state index >= 15 is 0 Å². The van der Waals surface area contributed by atoms with Crippen molar-refractivity contribution in [3.05, 3.63) is 64.7 Å². The van der Waals surface area contributed by atoms with E-state index in [0.717, 1.165) is 21.2 Å². The van der Waals surface area contributed by atoms with Crippen molar-refractivity contribution in [2.24, 2.45) is 0 Å². The molecule has 4 heteroatoms. The summed E-state index contributed by atoms with van der Waals surface area (Å²) in [5.74, 6) is 3.43. The molecule has 0 saturated carbocycles. The predicted octanol–water partition coefficient (Wildman–Crippen LogP) is 5.55. The Labute approximate surface area is 159 Å². The summed E-state index contributed by atoms with van der Waals surface area (Å²) < 4.78 is 0. The van der Waals surface area contributed by atoms with Gasteiger partial charge in [-0.2, -0.15) is 0 Å². The van der Waals surface area contributed by atoms with Crippen molar-refractivity contribution in [3.8, 4) is 12.3 Å². The Morgan fingerprint density at radius 2 is 1.72 bits per heavy atom. The normalized spacial score (nSPS) is 11.0. The molecule has 2 aromatic carbocycles. The van der Waals surface area contributed by atoms with Gasteiger partial charge in [-0.25, -0.2) is 0 Å². The van der Waals surface area contributed by atoms with E-state index in [4.69, 9.17) is 18.0 Å². The van der Waals surface area contributed by atoms with Gasteiger partial charge in [0.15, 0.2) is 0 Å². The van der Waals surface area contributed by atoms with Crippen LogP contribution in [0.25, 0.3) is 0 Å². The molecule has 25 heavy (non-hydrogen) atoms. The smallest absolute Gasteiger partial charge is 0.252 e. The van der Waals surface area contributed by atoms with Gasteiger partial charge in [0, 0.05) is 21.2 Å². The van der Waals surface area contributed by atoms with Crippen LogP contribution in [0, 0.1) is 12.3 Å². The zero-order valence-corrected chi connectivity index (χ0v) is 16.1. The highest BCUT2D eigenvalue weighted by Crippen LogP contribution is 2.24. The Kier molecular flexibility index (Phi) is 6.99. The van der Waals surface area contributed by atoms with E-state index in [1.165, 1.54) is 0 Å². The van der Waals surface area contributed by atoms with Crippen LogP contribution in [-0.4, -0.2) is 11.4 Å². The molecule has 0 aromatic heterocycles. The summed E-state index contributed by atoms with van der Waals surface area (Å²) in [6.07, 6.45) is 7.03. The number of amides is 1. The van der Waals surface area contributed by atoms with Crippen LogP contribution >= 0.6 is 23.4 Å². The van der Waals surface area contributed by atoms with Crippen molar-refractivity contribution in [1.82, 2.24) is 5.32 Å². The summed E-state index contributed by atoms with van der Waals surface area (Å²) in [6, 6.07) is 15.4. The van der Waals surface area contributed by atoms with Gasteiger partial charge in [-0.1, -0.05) is 43.5 Å². The molecule has 0 atom stereocenters. The number of hydrogen-bond acceptors (Lipinski definition) is 2. The molecule has 0 aliphatic carbocycles. The van der Waals surface area contributed by atoms with Crippen molar-refractivity contribution in [1.29, 1.82) is 0 Å². The number of halogens is 1. The molecule has 130 valence electrons. The molecule has 0 spiro atoms. The fraction of sp³-hybridized carbons (Fsp3) is 0.286. The third-order valence-electron chi connectivity index (χ3n) is 4.27. The Morgan fingerprint density at radius 1 is 1.12 bits per heavy atom. The van der Waals surface area contributed by atoms with Crippen molar-refractivity contribution in [3.63, 3.8) is 0 Å². The second-order valence-electron chi connectivity index (χ2n) is 5.83. The molecule has 2 rings (SSSR count). The summed E-state index contributed by atoms with van der Waals surface area (Å²) >= 11 is 7.63. The lowest BCUT2D eigenvalue weighted by atomic mass is 9.93. The summed E-state index contributed by atoms with van der Waals surface area (Å²) in [5.41, 5.74) is 1.22. The second kappa shape index (κ2) is 8.99. The van der Waals surface area contributed by atoms with Crippen molar-refractivity contribution >= 4 is 29.3 Å². The molecule has 0 heterocycles. The molecule has 0 saturated heterocycles. The zero-order valence-electron chi connectivity index (χ0n) is 14.5. The van der Waals surface area contributed by atoms with E-state index in [-0.39, 0.29) is 5.91 Å². The first-order valence-corrected chi connectivity index (χ1v) is 9.66. The van der Waals surface area contributed by atoms with Crippen LogP contribution in [0.2, 0.25) is 5.02 Å². The van der Waals surface area contributed by atoms with Crippen LogP contribution < -0.4 is 5.32 Å². The van der Waals surface area contributed by atoms with Gasteiger partial charge < -0.3 is 5.32 Å². The highest BCUT2D eigenvalue weighted by atomic mass is 35.5. The minimum absolute atomic E-state index is 0.126. The van der Waals surface area contributed by atoms with Crippen LogP contribution in [0.4, 0.5) is 0 Å². The molecule has 1 amide bonds. The van der Waals surface area contributed by atoms with Gasteiger partial charge in [0.1, 0.15) is 5.54 Å². The third kappa shape index (κ3) is 5.29. The van der Waals surface area contributed by atoms with Crippen LogP contribution in [0.5, 0.6) is 0 Å². The predicted molar refractivity (Wildman–Crippen MR) is 107 cm³/mol. The number of carbonyl (C=O) groups is 1. The molecule has 0 fully saturated rings. The monoisotopic (exact) mass is 371 g/mol. The van der Waals surface area contributed by atoms with E-state index < -0.39 is 5.54 Å². The van der Waals surface area contributed by atoms with Crippen molar-refractivity contribution in [2.45, 2.75) is 42.9 Å². The number of rotatable bonds is 7. The van der Waals surface area contributed by atoms with Gasteiger partial charge in [0.2, 0.25) is 0 Å². The maximum atomic E-state index is 12.4. The highest BCUT2D eigenvalue weighted by molar-refractivity contribution is 7.98. The van der Waals surface area contributed by atoms with Crippen LogP contribution in [0.1, 0.15) is 42.6 Å². The number of nitrogens with one attached hydrogen (secondary N) is 1. The Balaban J connectivity index is 1.98. The Morgan fingerprint density at radius 3 is 2.24 bits per heavy atom. The molecular formula is C21H22ClNOS. The topological polar surface area (TPSA) is 29.1 Å². The van der Waals surface area contributed by atoms with E-state index in [1.54, 1.807) is 11.8 Å². The first-order valence-electron chi connectivity index (χ1n) is 8.29. The second-order valence-corrected chi connectivity index (χ2v) is 7.31. The summed E-state index contributed by atoms with van der Waals surface area (Å²) in [4.78, 5) is 13.6. The molecule has 2 nitrogen and oxygen atoms in total. The summed E-state index contributed by atoms with van der Waals surface area (Å²) in [7, 11) is 0. The van der Waals surface area contributed by atoms with Gasteiger partial charge in [-0.05, 0) is 54.8 Å². The number of carbonyl (C=O) groups excluding carboxylic acids is 1. The molecule has 0 aliphatic heterocycles. The summed E-state index contributed by atoms with van der Waals surface area (Å²) in [5, 5.41) is 3.72. The maximum absolute atomic E-state index is 12.4. The van der Waals surface area contributed by atoms with Gasteiger partial charge in [-0.3, -0.25) is 4.79 Å². The molecule has 0 aliphatic rings. The van der Waals surface area contributed by atoms with Crippen LogP contribution in [0.15, 0.2) is 53.4 Å². The van der Waals surface area contributed by atoms with E-state index in [9.17, 15) is 4.79 Å². The Bertz CT molecular complexity index is 743. The SMILES string of the molecule is C#CC(CC)(CC)NC(=O)c1ccc(CSc2ccc(Cl)cc2)cc1. The lowest BCUT2D eigenvalue weighted by Crippen LogP contribution is -2.46. The molecule has 1 N–H and O–H groups in total. The standard InChI is InChI=1S/C21H22ClNOS/c1-4-21(5-2,6-3)23-20(24)17-9-7-16(8-10-17)15-25-19-13-11-18(22)12-14-19/h1,7-14H,5-6,15H2,2-3H3,(H,23,24). The van der Waals surface area contributed by atoms with Gasteiger partial charge in [-0.15, -0.1) is 18.2 Å². The third-order valence-corrected chi connectivity index (χ3v) is 5.61. The van der Waals surface area contributed by atoms with E-state index in [1.807, 2.05) is 62.4 Å². The number of benzene rings is 2. The van der Waals surface area contributed by atoms with Gasteiger partial charge in [0.05, 0.1) is 0 Å². The quantitative estimate of drug-likeness (QED) is 0.510. The van der Waals surface area contributed by atoms with Crippen LogP contribution in [0.3, 0.4) is 0 Å². The number of thioether (sulfide) groups is 1. The molecule has 0 unspecified atom stereocenters. The number of terminal acetylenes is 1. The lowest BCUT2D eigenvalue weighted by Gasteiger charge is -2.27. The van der Waals surface area contributed by atoms with E-state index in [0.29, 0.717) is 18.4 Å². The molecule has 2 aromatic rings. The Hall–Kier alpha value is -1.89. The van der Waals surface area contributed by atoms with Crippen molar-refractivity contribution < 1.29 is 4.79 Å². The summed E-state index contributed by atoms with van der Waals surface area (Å²) in [6.45, 7) is 3.97. The average Bonchev–Trinajstić information content (AvgIpc) is 2.66. The van der Waals surface area contributed by atoms with Crippen LogP contribution in [-0.2, 0) is 5.75 Å². The first-order chi connectivity index (χ1) is 12.0. The minimum Gasteiger partial charge on any atom is -0.336 e. The molecule has 0 radical (unpaired) electrons. The largest absolute Gasteiger partial charge is 0.336 e. The molecular weight excluding hydrogens is 350 g/mol.